The molecule has 10 nitrogen and oxygen atoms in total. The number of rotatable bonds is 6. The average Bonchev–Trinajstić information content (AvgIpc) is 3.29. The summed E-state index contributed by atoms with van der Waals surface area (Å²) in [6.45, 7) is 3.36. The number of nitrogen functional groups attached to an aromatic ring is 1. The third kappa shape index (κ3) is 8.53. The van der Waals surface area contributed by atoms with Crippen LogP contribution < -0.4 is 11.1 Å². The topological polar surface area (TPSA) is 111 Å². The first-order valence-corrected chi connectivity index (χ1v) is 17.9. The Morgan fingerprint density at radius 2 is 1.38 bits per heavy atom. The van der Waals surface area contributed by atoms with Gasteiger partial charge in [-0.25, -0.2) is 9.59 Å². The summed E-state index contributed by atoms with van der Waals surface area (Å²) in [5, 5.41) is 2.94. The van der Waals surface area contributed by atoms with Crippen LogP contribution in [-0.2, 0) is 34.7 Å². The van der Waals surface area contributed by atoms with Crippen LogP contribution in [0.5, 0.6) is 0 Å². The molecule has 4 amide bonds. The molecule has 0 aromatic heterocycles. The molecule has 4 heterocycles. The largest absolute Gasteiger partial charge is 0.436 e. The smallest absolute Gasteiger partial charge is 0.418 e. The van der Waals surface area contributed by atoms with Crippen LogP contribution in [0.25, 0.3) is 0 Å². The van der Waals surface area contributed by atoms with Crippen LogP contribution in [0.1, 0.15) is 67.2 Å². The first-order valence-electron chi connectivity index (χ1n) is 17.9. The van der Waals surface area contributed by atoms with E-state index in [-0.39, 0.29) is 31.2 Å². The number of hydrogen-bond acceptors (Lipinski definition) is 6. The number of ether oxygens (including phenoxy) is 1. The standard InChI is InChI=1S/C36H44F6N6O4/c37-35(38,39)27-20-23(21-28(31(27)43)36(40,41)42)22-30(32(49)46-15-9-25(10-16-46)45-13-4-1-5-14-45)52-34(51)47-17-11-26(12-18-47)48-19-8-24-6-2-3-7-29(24)44-33(48)50/h2-3,6-7,20-21,25-26,30H,1,4-5,8-19,22,43H2,(H,44,50). The maximum atomic E-state index is 14.0. The number of halogens is 6. The number of carbonyl (C=O) groups is 3. The molecule has 16 heteroatoms. The number of fused-ring (bicyclic) bond motifs is 1. The molecule has 0 spiro atoms. The minimum atomic E-state index is -5.20. The Balaban J connectivity index is 1.17. The van der Waals surface area contributed by atoms with Gasteiger partial charge in [-0.3, -0.25) is 4.79 Å². The van der Waals surface area contributed by atoms with Crippen LogP contribution >= 0.6 is 0 Å². The quantitative estimate of drug-likeness (QED) is 0.263. The highest BCUT2D eigenvalue weighted by atomic mass is 19.4. The highest BCUT2D eigenvalue weighted by molar-refractivity contribution is 5.91. The van der Waals surface area contributed by atoms with Crippen LogP contribution in [0.2, 0.25) is 0 Å². The van der Waals surface area contributed by atoms with E-state index in [4.69, 9.17) is 10.5 Å². The second-order valence-corrected chi connectivity index (χ2v) is 14.1. The third-order valence-electron chi connectivity index (χ3n) is 10.8. The van der Waals surface area contributed by atoms with Gasteiger partial charge in [0.1, 0.15) is 0 Å². The van der Waals surface area contributed by atoms with Gasteiger partial charge in [-0.15, -0.1) is 0 Å². The monoisotopic (exact) mass is 738 g/mol. The molecule has 3 saturated heterocycles. The van der Waals surface area contributed by atoms with Crippen molar-refractivity contribution in [1.82, 2.24) is 19.6 Å². The Hall–Kier alpha value is -4.21. The fourth-order valence-electron chi connectivity index (χ4n) is 7.93. The summed E-state index contributed by atoms with van der Waals surface area (Å²) in [6.07, 6.45) is -7.61. The number of piperidine rings is 3. The van der Waals surface area contributed by atoms with Crippen molar-refractivity contribution in [3.63, 3.8) is 0 Å². The van der Waals surface area contributed by atoms with E-state index in [1.54, 1.807) is 4.90 Å². The number of benzene rings is 2. The van der Waals surface area contributed by atoms with Crippen molar-refractivity contribution >= 4 is 29.4 Å². The van der Waals surface area contributed by atoms with Crippen LogP contribution in [0, 0.1) is 0 Å². The molecule has 4 aliphatic heterocycles. The number of nitrogens with two attached hydrogens (primary N) is 1. The van der Waals surface area contributed by atoms with E-state index >= 15 is 0 Å². The number of amides is 4. The lowest BCUT2D eigenvalue weighted by Gasteiger charge is -2.41. The summed E-state index contributed by atoms with van der Waals surface area (Å²) >= 11 is 0. The molecule has 0 radical (unpaired) electrons. The molecule has 1 unspecified atom stereocenters. The van der Waals surface area contributed by atoms with Crippen molar-refractivity contribution in [3.8, 4) is 0 Å². The number of nitrogens with one attached hydrogen (secondary N) is 1. The molecule has 4 aliphatic rings. The lowest BCUT2D eigenvalue weighted by atomic mass is 9.96. The Morgan fingerprint density at radius 3 is 2.00 bits per heavy atom. The number of para-hydroxylation sites is 1. The summed E-state index contributed by atoms with van der Waals surface area (Å²) in [5.74, 6) is -0.680. The van der Waals surface area contributed by atoms with Gasteiger partial charge in [0, 0.05) is 56.9 Å². The van der Waals surface area contributed by atoms with E-state index in [1.165, 1.54) is 9.80 Å². The maximum Gasteiger partial charge on any atom is 0.418 e. The summed E-state index contributed by atoms with van der Waals surface area (Å²) in [7, 11) is 0. The second-order valence-electron chi connectivity index (χ2n) is 14.1. The van der Waals surface area contributed by atoms with Crippen LogP contribution in [0.15, 0.2) is 36.4 Å². The third-order valence-corrected chi connectivity index (χ3v) is 10.8. The van der Waals surface area contributed by atoms with Gasteiger partial charge in [0.2, 0.25) is 0 Å². The van der Waals surface area contributed by atoms with Crippen molar-refractivity contribution in [3.05, 3.63) is 58.7 Å². The molecule has 1 atom stereocenters. The summed E-state index contributed by atoms with van der Waals surface area (Å²) < 4.78 is 88.9. The number of alkyl halides is 6. The van der Waals surface area contributed by atoms with Gasteiger partial charge < -0.3 is 35.4 Å². The molecular weight excluding hydrogens is 694 g/mol. The molecule has 2 aromatic rings. The Bertz CT molecular complexity index is 1580. The maximum absolute atomic E-state index is 14.0. The van der Waals surface area contributed by atoms with Crippen molar-refractivity contribution in [2.24, 2.45) is 0 Å². The number of anilines is 2. The minimum absolute atomic E-state index is 0.167. The molecular formula is C36H44F6N6O4. The average molecular weight is 739 g/mol. The van der Waals surface area contributed by atoms with E-state index in [0.717, 1.165) is 43.6 Å². The zero-order valence-corrected chi connectivity index (χ0v) is 28.8. The van der Waals surface area contributed by atoms with E-state index in [2.05, 4.69) is 10.2 Å². The number of carbonyl (C=O) groups excluding carboxylic acids is 3. The predicted molar refractivity (Wildman–Crippen MR) is 180 cm³/mol. The first-order chi connectivity index (χ1) is 24.7. The summed E-state index contributed by atoms with van der Waals surface area (Å²) in [4.78, 5) is 47.5. The number of likely N-dealkylation sites (tertiary alicyclic amines) is 3. The molecule has 52 heavy (non-hydrogen) atoms. The summed E-state index contributed by atoms with van der Waals surface area (Å²) in [6, 6.07) is 8.31. The van der Waals surface area contributed by atoms with Gasteiger partial charge in [-0.05, 0) is 87.4 Å². The number of urea groups is 1. The van der Waals surface area contributed by atoms with Crippen LogP contribution in [-0.4, -0.2) is 102 Å². The Labute approximate surface area is 298 Å². The molecule has 3 fully saturated rings. The van der Waals surface area contributed by atoms with Crippen molar-refractivity contribution in [2.45, 2.75) is 88.3 Å². The molecule has 284 valence electrons. The second kappa shape index (κ2) is 15.4. The molecule has 3 N–H and O–H groups in total. The lowest BCUT2D eigenvalue weighted by molar-refractivity contribution is -0.142. The van der Waals surface area contributed by atoms with Gasteiger partial charge in [-0.2, -0.15) is 26.3 Å². The van der Waals surface area contributed by atoms with Gasteiger partial charge in [0.05, 0.1) is 16.8 Å². The predicted octanol–water partition coefficient (Wildman–Crippen LogP) is 6.39. The zero-order valence-electron chi connectivity index (χ0n) is 28.8. The normalized spacial score (nSPS) is 20.6. The van der Waals surface area contributed by atoms with E-state index in [9.17, 15) is 40.7 Å². The van der Waals surface area contributed by atoms with Gasteiger partial charge >= 0.3 is 24.5 Å². The van der Waals surface area contributed by atoms with Crippen molar-refractivity contribution in [2.75, 3.05) is 56.9 Å². The molecule has 6 rings (SSSR count). The number of hydrogen-bond donors (Lipinski definition) is 2. The van der Waals surface area contributed by atoms with E-state index in [1.807, 2.05) is 24.3 Å². The van der Waals surface area contributed by atoms with Crippen LogP contribution in [0.4, 0.5) is 47.3 Å². The Morgan fingerprint density at radius 1 is 0.808 bits per heavy atom. The van der Waals surface area contributed by atoms with E-state index in [0.29, 0.717) is 63.9 Å². The molecule has 0 bridgehead atoms. The SMILES string of the molecule is Nc1c(C(F)(F)F)cc(CC(OC(=O)N2CCC(N3CCc4ccccc4NC3=O)CC2)C(=O)N2CCC(N3CCCCC3)CC2)cc1C(F)(F)F. The fourth-order valence-corrected chi connectivity index (χ4v) is 7.93. The van der Waals surface area contributed by atoms with Gasteiger partial charge in [0.25, 0.3) is 5.91 Å². The Kier molecular flexibility index (Phi) is 11.1. The fraction of sp³-hybridized carbons (Fsp3) is 0.583. The zero-order chi connectivity index (χ0) is 37.2. The first kappa shape index (κ1) is 37.5. The van der Waals surface area contributed by atoms with E-state index < -0.39 is 59.3 Å². The van der Waals surface area contributed by atoms with Gasteiger partial charge in [-0.1, -0.05) is 24.6 Å². The number of nitrogens with zero attached hydrogens (tertiary/aromatic N) is 4. The van der Waals surface area contributed by atoms with Crippen molar-refractivity contribution in [1.29, 1.82) is 0 Å². The minimum Gasteiger partial charge on any atom is -0.436 e. The van der Waals surface area contributed by atoms with Gasteiger partial charge in [0.15, 0.2) is 6.10 Å². The molecule has 2 aromatic carbocycles. The van der Waals surface area contributed by atoms with Crippen LogP contribution in [0.3, 0.4) is 0 Å². The highest BCUT2D eigenvalue weighted by Crippen LogP contribution is 2.42. The summed E-state index contributed by atoms with van der Waals surface area (Å²) in [5.41, 5.74) is 1.79. The highest BCUT2D eigenvalue weighted by Gasteiger charge is 2.42. The molecule has 0 aliphatic carbocycles. The van der Waals surface area contributed by atoms with Crippen molar-refractivity contribution < 1.29 is 45.5 Å². The lowest BCUT2D eigenvalue weighted by Crippen LogP contribution is -2.53. The molecule has 0 saturated carbocycles.